The molecule has 0 spiro atoms. The molecule has 0 aliphatic heterocycles. The summed E-state index contributed by atoms with van der Waals surface area (Å²) in [6.07, 6.45) is 0.424. The summed E-state index contributed by atoms with van der Waals surface area (Å²) < 4.78 is 27.3. The Morgan fingerprint density at radius 3 is 2.17 bits per heavy atom. The number of hydrogen-bond acceptors (Lipinski definition) is 4. The van der Waals surface area contributed by atoms with Crippen molar-refractivity contribution in [3.8, 4) is 5.75 Å². The molecular formula is C17H28N2O4S. The summed E-state index contributed by atoms with van der Waals surface area (Å²) in [5.41, 5.74) is -0.513. The first-order valence-corrected chi connectivity index (χ1v) is 9.35. The van der Waals surface area contributed by atoms with Crippen molar-refractivity contribution in [1.82, 2.24) is 10.0 Å². The van der Waals surface area contributed by atoms with Crippen LogP contribution < -0.4 is 10.0 Å². The van der Waals surface area contributed by atoms with E-state index in [1.165, 1.54) is 18.2 Å². The highest BCUT2D eigenvalue weighted by molar-refractivity contribution is 7.89. The van der Waals surface area contributed by atoms with Gasteiger partial charge < -0.3 is 10.4 Å². The van der Waals surface area contributed by atoms with Crippen LogP contribution in [0.4, 0.5) is 0 Å². The lowest BCUT2D eigenvalue weighted by molar-refractivity contribution is -0.122. The second-order valence-corrected chi connectivity index (χ2v) is 9.63. The van der Waals surface area contributed by atoms with Gasteiger partial charge in [-0.1, -0.05) is 0 Å². The number of benzene rings is 1. The van der Waals surface area contributed by atoms with Crippen LogP contribution in [0.2, 0.25) is 0 Å². The first-order valence-electron chi connectivity index (χ1n) is 7.86. The number of carbonyl (C=O) groups is 1. The van der Waals surface area contributed by atoms with Gasteiger partial charge >= 0.3 is 0 Å². The Labute approximate surface area is 144 Å². The molecule has 0 aliphatic rings. The Morgan fingerprint density at radius 2 is 1.67 bits per heavy atom. The minimum atomic E-state index is -3.69. The SMILES string of the molecule is CC(C)(C)NC(=O)CCc1cc(S(=O)(=O)NC(C)(C)C)ccc1O. The molecule has 0 heterocycles. The van der Waals surface area contributed by atoms with Gasteiger partial charge in [0.15, 0.2) is 0 Å². The fraction of sp³-hybridized carbons (Fsp3) is 0.588. The van der Waals surface area contributed by atoms with E-state index in [4.69, 9.17) is 0 Å². The average molecular weight is 356 g/mol. The van der Waals surface area contributed by atoms with E-state index in [0.717, 1.165) is 0 Å². The maximum atomic E-state index is 12.4. The first-order chi connectivity index (χ1) is 10.7. The van der Waals surface area contributed by atoms with Crippen LogP contribution in [0.15, 0.2) is 23.1 Å². The summed E-state index contributed by atoms with van der Waals surface area (Å²) in [6.45, 7) is 10.9. The molecule has 1 aromatic rings. The number of phenols is 1. The number of aryl methyl sites for hydroxylation is 1. The maximum Gasteiger partial charge on any atom is 0.241 e. The smallest absolute Gasteiger partial charge is 0.241 e. The second-order valence-electron chi connectivity index (χ2n) is 7.94. The van der Waals surface area contributed by atoms with Gasteiger partial charge in [-0.3, -0.25) is 4.79 Å². The van der Waals surface area contributed by atoms with Crippen molar-refractivity contribution in [1.29, 1.82) is 0 Å². The molecule has 0 bridgehead atoms. The first kappa shape index (κ1) is 20.4. The van der Waals surface area contributed by atoms with Crippen molar-refractivity contribution < 1.29 is 18.3 Å². The monoisotopic (exact) mass is 356 g/mol. The van der Waals surface area contributed by atoms with Gasteiger partial charge in [-0.05, 0) is 71.7 Å². The zero-order valence-corrected chi connectivity index (χ0v) is 16.0. The van der Waals surface area contributed by atoms with E-state index in [9.17, 15) is 18.3 Å². The number of rotatable bonds is 5. The molecule has 6 nitrogen and oxygen atoms in total. The highest BCUT2D eigenvalue weighted by atomic mass is 32.2. The Hall–Kier alpha value is -1.60. The molecule has 0 radical (unpaired) electrons. The topological polar surface area (TPSA) is 95.5 Å². The Morgan fingerprint density at radius 1 is 1.08 bits per heavy atom. The average Bonchev–Trinajstić information content (AvgIpc) is 2.32. The number of amides is 1. The normalized spacial score (nSPS) is 12.9. The van der Waals surface area contributed by atoms with Crippen LogP contribution in [0.1, 0.15) is 53.5 Å². The van der Waals surface area contributed by atoms with E-state index >= 15 is 0 Å². The highest BCUT2D eigenvalue weighted by Gasteiger charge is 2.23. The zero-order valence-electron chi connectivity index (χ0n) is 15.2. The summed E-state index contributed by atoms with van der Waals surface area (Å²) in [7, 11) is -3.69. The minimum absolute atomic E-state index is 0.0201. The molecule has 0 atom stereocenters. The van der Waals surface area contributed by atoms with Crippen molar-refractivity contribution >= 4 is 15.9 Å². The number of carbonyl (C=O) groups excluding carboxylic acids is 1. The maximum absolute atomic E-state index is 12.4. The van der Waals surface area contributed by atoms with Crippen LogP contribution >= 0.6 is 0 Å². The Bertz CT molecular complexity index is 698. The molecule has 3 N–H and O–H groups in total. The molecule has 0 saturated carbocycles. The predicted molar refractivity (Wildman–Crippen MR) is 94.4 cm³/mol. The van der Waals surface area contributed by atoms with Crippen LogP contribution in [0.5, 0.6) is 5.75 Å². The van der Waals surface area contributed by atoms with Crippen LogP contribution in [-0.4, -0.2) is 30.5 Å². The van der Waals surface area contributed by atoms with Crippen molar-refractivity contribution in [2.75, 3.05) is 0 Å². The Kier molecular flexibility index (Phi) is 6.05. The number of sulfonamides is 1. The standard InChI is InChI=1S/C17H28N2O4S/c1-16(2,3)18-15(21)10-7-12-11-13(8-9-14(12)20)24(22,23)19-17(4,5)6/h8-9,11,19-20H,7,10H2,1-6H3,(H,18,21). The molecule has 1 rings (SSSR count). The third kappa shape index (κ3) is 6.88. The summed E-state index contributed by atoms with van der Waals surface area (Å²) in [5.74, 6) is -0.170. The van der Waals surface area contributed by atoms with Gasteiger partial charge in [0.05, 0.1) is 4.90 Å². The van der Waals surface area contributed by atoms with E-state index in [-0.39, 0.29) is 34.9 Å². The lowest BCUT2D eigenvalue weighted by Gasteiger charge is -2.21. The van der Waals surface area contributed by atoms with Gasteiger partial charge in [0.2, 0.25) is 15.9 Å². The zero-order chi connectivity index (χ0) is 18.8. The number of phenolic OH excluding ortho intramolecular Hbond substituents is 1. The molecule has 0 aromatic heterocycles. The molecule has 1 amide bonds. The molecule has 7 heteroatoms. The molecule has 24 heavy (non-hydrogen) atoms. The third-order valence-electron chi connectivity index (χ3n) is 2.94. The highest BCUT2D eigenvalue weighted by Crippen LogP contribution is 2.23. The summed E-state index contributed by atoms with van der Waals surface area (Å²) >= 11 is 0. The quantitative estimate of drug-likeness (QED) is 0.754. The van der Waals surface area contributed by atoms with Crippen LogP contribution in [-0.2, 0) is 21.2 Å². The van der Waals surface area contributed by atoms with Crippen molar-refractivity contribution in [2.24, 2.45) is 0 Å². The van der Waals surface area contributed by atoms with E-state index in [1.807, 2.05) is 20.8 Å². The van der Waals surface area contributed by atoms with Crippen molar-refractivity contribution in [2.45, 2.75) is 70.4 Å². The third-order valence-corrected chi connectivity index (χ3v) is 4.69. The van der Waals surface area contributed by atoms with E-state index in [2.05, 4.69) is 10.0 Å². The number of nitrogens with one attached hydrogen (secondary N) is 2. The van der Waals surface area contributed by atoms with E-state index in [1.54, 1.807) is 20.8 Å². The largest absolute Gasteiger partial charge is 0.508 e. The molecule has 0 aliphatic carbocycles. The summed E-state index contributed by atoms with van der Waals surface area (Å²) in [6, 6.07) is 4.10. The van der Waals surface area contributed by atoms with Crippen LogP contribution in [0.3, 0.4) is 0 Å². The van der Waals surface area contributed by atoms with Gasteiger partial charge in [-0.2, -0.15) is 0 Å². The second kappa shape index (κ2) is 7.11. The van der Waals surface area contributed by atoms with Crippen LogP contribution in [0.25, 0.3) is 0 Å². The number of hydrogen-bond donors (Lipinski definition) is 3. The molecule has 0 saturated heterocycles. The lowest BCUT2D eigenvalue weighted by atomic mass is 10.1. The molecular weight excluding hydrogens is 328 g/mol. The Balaban J connectivity index is 2.93. The van der Waals surface area contributed by atoms with Gasteiger partial charge in [0.1, 0.15) is 5.75 Å². The van der Waals surface area contributed by atoms with E-state index in [0.29, 0.717) is 5.56 Å². The number of aromatic hydroxyl groups is 1. The summed E-state index contributed by atoms with van der Waals surface area (Å²) in [5, 5.41) is 12.8. The van der Waals surface area contributed by atoms with Crippen molar-refractivity contribution in [3.05, 3.63) is 23.8 Å². The molecule has 0 fully saturated rings. The molecule has 1 aromatic carbocycles. The van der Waals surface area contributed by atoms with Crippen molar-refractivity contribution in [3.63, 3.8) is 0 Å². The molecule has 0 unspecified atom stereocenters. The van der Waals surface area contributed by atoms with E-state index < -0.39 is 15.6 Å². The van der Waals surface area contributed by atoms with Crippen LogP contribution in [0, 0.1) is 0 Å². The van der Waals surface area contributed by atoms with Gasteiger partial charge in [0.25, 0.3) is 0 Å². The fourth-order valence-corrected chi connectivity index (χ4v) is 3.59. The predicted octanol–water partition coefficient (Wildman–Crippen LogP) is 2.32. The van der Waals surface area contributed by atoms with Gasteiger partial charge in [-0.15, -0.1) is 0 Å². The van der Waals surface area contributed by atoms with Gasteiger partial charge in [-0.25, -0.2) is 13.1 Å². The minimum Gasteiger partial charge on any atom is -0.508 e. The summed E-state index contributed by atoms with van der Waals surface area (Å²) in [4.78, 5) is 12.0. The van der Waals surface area contributed by atoms with Gasteiger partial charge in [0, 0.05) is 17.5 Å². The fourth-order valence-electron chi connectivity index (χ4n) is 2.12. The lowest BCUT2D eigenvalue weighted by Crippen LogP contribution is -2.40. The molecule has 136 valence electrons.